The summed E-state index contributed by atoms with van der Waals surface area (Å²) in [5.41, 5.74) is 0.855. The van der Waals surface area contributed by atoms with Gasteiger partial charge in [-0.05, 0) is 45.4 Å². The molecule has 0 bridgehead atoms. The van der Waals surface area contributed by atoms with Crippen LogP contribution in [-0.4, -0.2) is 53.8 Å². The number of ether oxygens (including phenoxy) is 6. The van der Waals surface area contributed by atoms with Gasteiger partial charge in [-0.2, -0.15) is 0 Å². The summed E-state index contributed by atoms with van der Waals surface area (Å²) in [5.74, 6) is -1.45. The van der Waals surface area contributed by atoms with Crippen LogP contribution in [0.25, 0.3) is 0 Å². The Hall–Kier alpha value is -1.62. The van der Waals surface area contributed by atoms with Crippen LogP contribution in [0.1, 0.15) is 33.3 Å². The van der Waals surface area contributed by atoms with Crippen LogP contribution in [0, 0.1) is 10.1 Å². The molecule has 0 N–H and O–H groups in total. The first kappa shape index (κ1) is 19.7. The zero-order valence-corrected chi connectivity index (χ0v) is 16.3. The topological polar surface area (TPSA) is 98.5 Å². The van der Waals surface area contributed by atoms with E-state index in [9.17, 15) is 10.1 Å². The number of non-ortho nitro benzene ring substituents is 1. The van der Waals surface area contributed by atoms with E-state index in [4.69, 9.17) is 28.4 Å². The molecule has 1 aromatic rings. The Labute approximate surface area is 162 Å². The van der Waals surface area contributed by atoms with Gasteiger partial charge in [0, 0.05) is 12.1 Å². The van der Waals surface area contributed by atoms with Crippen LogP contribution in [0.3, 0.4) is 0 Å². The Morgan fingerprint density at radius 1 is 1.07 bits per heavy atom. The van der Waals surface area contributed by atoms with Gasteiger partial charge in [-0.15, -0.1) is 0 Å². The van der Waals surface area contributed by atoms with Crippen molar-refractivity contribution in [3.05, 3.63) is 39.9 Å². The third kappa shape index (κ3) is 3.91. The lowest BCUT2D eigenvalue weighted by molar-refractivity contribution is -0.384. The van der Waals surface area contributed by atoms with Gasteiger partial charge in [-0.25, -0.2) is 0 Å². The quantitative estimate of drug-likeness (QED) is 0.554. The summed E-state index contributed by atoms with van der Waals surface area (Å²) in [6.07, 6.45) is -2.09. The molecule has 9 nitrogen and oxygen atoms in total. The largest absolute Gasteiger partial charge is 0.368 e. The van der Waals surface area contributed by atoms with E-state index in [0.29, 0.717) is 6.61 Å². The molecule has 0 radical (unpaired) electrons. The Balaban J connectivity index is 1.48. The van der Waals surface area contributed by atoms with Gasteiger partial charge in [-0.1, -0.05) is 0 Å². The van der Waals surface area contributed by atoms with Gasteiger partial charge in [0.2, 0.25) is 0 Å². The lowest BCUT2D eigenvalue weighted by Crippen LogP contribution is -2.44. The van der Waals surface area contributed by atoms with Crippen LogP contribution in [0.5, 0.6) is 0 Å². The highest BCUT2D eigenvalue weighted by molar-refractivity contribution is 5.32. The van der Waals surface area contributed by atoms with Crippen LogP contribution < -0.4 is 0 Å². The third-order valence-electron chi connectivity index (χ3n) is 5.01. The van der Waals surface area contributed by atoms with Crippen molar-refractivity contribution in [2.45, 2.75) is 76.6 Å². The highest BCUT2D eigenvalue weighted by Crippen LogP contribution is 2.42. The summed E-state index contributed by atoms with van der Waals surface area (Å²) in [4.78, 5) is 10.4. The average molecular weight is 395 g/mol. The molecule has 9 heteroatoms. The standard InChI is InChI=1S/C19H25NO8/c1-18(2)24-10-13(26-18)14-15(16-17(25-14)28-19(3,4)27-16)23-9-11-5-7-12(8-6-11)20(21)22/h5-8,13-17H,9-10H2,1-4H3/t13-,14-,15+,16-,17-/m1/s1. The van der Waals surface area contributed by atoms with E-state index in [0.717, 1.165) is 5.56 Å². The van der Waals surface area contributed by atoms with E-state index < -0.39 is 41.1 Å². The molecular weight excluding hydrogens is 370 g/mol. The van der Waals surface area contributed by atoms with Gasteiger partial charge >= 0.3 is 0 Å². The second-order valence-electron chi connectivity index (χ2n) is 8.14. The number of nitrogens with zero attached hydrogens (tertiary/aromatic N) is 1. The predicted octanol–water partition coefficient (Wildman–Crippen LogP) is 2.51. The number of nitro benzene ring substituents is 1. The maximum Gasteiger partial charge on any atom is 0.269 e. The number of fused-ring (bicyclic) bond motifs is 1. The Morgan fingerprint density at radius 2 is 1.79 bits per heavy atom. The van der Waals surface area contributed by atoms with E-state index >= 15 is 0 Å². The van der Waals surface area contributed by atoms with E-state index in [1.54, 1.807) is 12.1 Å². The normalized spacial score (nSPS) is 35.8. The smallest absolute Gasteiger partial charge is 0.269 e. The lowest BCUT2D eigenvalue weighted by Gasteiger charge is -2.29. The van der Waals surface area contributed by atoms with Crippen molar-refractivity contribution < 1.29 is 33.3 Å². The zero-order valence-electron chi connectivity index (χ0n) is 16.3. The summed E-state index contributed by atoms with van der Waals surface area (Å²) in [7, 11) is 0. The van der Waals surface area contributed by atoms with Crippen molar-refractivity contribution in [2.75, 3.05) is 6.61 Å². The van der Waals surface area contributed by atoms with Gasteiger partial charge in [0.05, 0.1) is 18.1 Å². The first-order valence-electron chi connectivity index (χ1n) is 9.31. The fourth-order valence-corrected chi connectivity index (χ4v) is 3.78. The minimum absolute atomic E-state index is 0.0406. The van der Waals surface area contributed by atoms with E-state index in [1.165, 1.54) is 12.1 Å². The number of benzene rings is 1. The van der Waals surface area contributed by atoms with Gasteiger partial charge in [-0.3, -0.25) is 10.1 Å². The second-order valence-corrected chi connectivity index (χ2v) is 8.14. The zero-order chi connectivity index (χ0) is 20.1. The van der Waals surface area contributed by atoms with Crippen molar-refractivity contribution in [1.29, 1.82) is 0 Å². The Bertz CT molecular complexity index is 734. The van der Waals surface area contributed by atoms with E-state index in [2.05, 4.69) is 0 Å². The summed E-state index contributed by atoms with van der Waals surface area (Å²) in [6.45, 7) is 8.01. The molecule has 4 rings (SSSR count). The molecule has 1 aromatic carbocycles. The molecule has 3 aliphatic rings. The Morgan fingerprint density at radius 3 is 2.39 bits per heavy atom. The van der Waals surface area contributed by atoms with Gasteiger partial charge in [0.15, 0.2) is 17.9 Å². The minimum atomic E-state index is -0.762. The van der Waals surface area contributed by atoms with Crippen LogP contribution in [0.2, 0.25) is 0 Å². The van der Waals surface area contributed by atoms with Crippen LogP contribution in [-0.2, 0) is 35.0 Å². The molecular formula is C19H25NO8. The molecule has 0 saturated carbocycles. The van der Waals surface area contributed by atoms with E-state index in [-0.39, 0.29) is 18.4 Å². The molecule has 5 atom stereocenters. The summed E-state index contributed by atoms with van der Waals surface area (Å²) in [5, 5.41) is 10.8. The number of hydrogen-bond acceptors (Lipinski definition) is 8. The van der Waals surface area contributed by atoms with Gasteiger partial charge < -0.3 is 28.4 Å². The molecule has 0 unspecified atom stereocenters. The molecule has 3 aliphatic heterocycles. The molecule has 0 aliphatic carbocycles. The molecule has 0 spiro atoms. The van der Waals surface area contributed by atoms with Crippen molar-refractivity contribution in [3.63, 3.8) is 0 Å². The molecule has 3 saturated heterocycles. The van der Waals surface area contributed by atoms with Crippen LogP contribution in [0.4, 0.5) is 5.69 Å². The minimum Gasteiger partial charge on any atom is -0.368 e. The molecule has 0 aromatic heterocycles. The maximum atomic E-state index is 10.8. The van der Waals surface area contributed by atoms with Gasteiger partial charge in [0.25, 0.3) is 5.69 Å². The number of rotatable bonds is 5. The highest BCUT2D eigenvalue weighted by Gasteiger charge is 2.58. The summed E-state index contributed by atoms with van der Waals surface area (Å²) < 4.78 is 35.7. The molecule has 0 amide bonds. The van der Waals surface area contributed by atoms with Crippen LogP contribution >= 0.6 is 0 Å². The number of nitro groups is 1. The number of hydrogen-bond donors (Lipinski definition) is 0. The molecule has 154 valence electrons. The highest BCUT2D eigenvalue weighted by atomic mass is 16.8. The second kappa shape index (κ2) is 7.01. The van der Waals surface area contributed by atoms with Crippen LogP contribution in [0.15, 0.2) is 24.3 Å². The fourth-order valence-electron chi connectivity index (χ4n) is 3.78. The first-order chi connectivity index (χ1) is 13.1. The van der Waals surface area contributed by atoms with Crippen molar-refractivity contribution >= 4 is 5.69 Å². The monoisotopic (exact) mass is 395 g/mol. The van der Waals surface area contributed by atoms with Crippen molar-refractivity contribution in [2.24, 2.45) is 0 Å². The SMILES string of the molecule is CC1(C)O[C@H]2O[C@H]([C@H]3COC(C)(C)O3)[C@H](OCc3ccc([N+](=O)[O-])cc3)[C@H]2O1. The van der Waals surface area contributed by atoms with Crippen molar-refractivity contribution in [3.8, 4) is 0 Å². The summed E-state index contributed by atoms with van der Waals surface area (Å²) in [6, 6.07) is 6.26. The summed E-state index contributed by atoms with van der Waals surface area (Å²) >= 11 is 0. The fraction of sp³-hybridized carbons (Fsp3) is 0.684. The lowest BCUT2D eigenvalue weighted by atomic mass is 10.1. The van der Waals surface area contributed by atoms with Crippen molar-refractivity contribution in [1.82, 2.24) is 0 Å². The predicted molar refractivity (Wildman–Crippen MR) is 95.3 cm³/mol. The average Bonchev–Trinajstić information content (AvgIpc) is 3.22. The molecule has 3 heterocycles. The van der Waals surface area contributed by atoms with E-state index in [1.807, 2.05) is 27.7 Å². The molecule has 3 fully saturated rings. The Kier molecular flexibility index (Phi) is 4.93. The first-order valence-corrected chi connectivity index (χ1v) is 9.31. The molecule has 28 heavy (non-hydrogen) atoms. The van der Waals surface area contributed by atoms with Gasteiger partial charge in [0.1, 0.15) is 24.4 Å². The third-order valence-corrected chi connectivity index (χ3v) is 5.01. The maximum absolute atomic E-state index is 10.8.